The smallest absolute Gasteiger partial charge is 0.336 e. The first-order valence-electron chi connectivity index (χ1n) is 4.79. The van der Waals surface area contributed by atoms with Gasteiger partial charge in [-0.2, -0.15) is 0 Å². The second-order valence-electron chi connectivity index (χ2n) is 3.67. The number of carbonyl (C=O) groups is 1. The molecule has 0 aliphatic heterocycles. The minimum atomic E-state index is -0.949. The molecule has 0 aliphatic rings. The van der Waals surface area contributed by atoms with E-state index in [1.165, 1.54) is 0 Å². The number of nitrogens with one attached hydrogen (secondary N) is 1. The minimum absolute atomic E-state index is 0.0272. The van der Waals surface area contributed by atoms with Crippen molar-refractivity contribution < 1.29 is 9.90 Å². The van der Waals surface area contributed by atoms with Crippen molar-refractivity contribution in [1.82, 2.24) is 0 Å². The molecule has 0 aliphatic carbocycles. The van der Waals surface area contributed by atoms with Crippen molar-refractivity contribution in [3.63, 3.8) is 0 Å². The molecule has 1 rings (SSSR count). The lowest BCUT2D eigenvalue weighted by Crippen LogP contribution is -2.11. The largest absolute Gasteiger partial charge is 0.478 e. The summed E-state index contributed by atoms with van der Waals surface area (Å²) in [5.41, 5.74) is 7.55. The van der Waals surface area contributed by atoms with Crippen molar-refractivity contribution in [2.24, 2.45) is 5.73 Å². The number of rotatable bonds is 3. The quantitative estimate of drug-likeness (QED) is 0.411. The third-order valence-electron chi connectivity index (χ3n) is 2.20. The zero-order chi connectivity index (χ0) is 12.3. The van der Waals surface area contributed by atoms with Crippen LogP contribution in [0.1, 0.15) is 25.0 Å². The molecule has 0 saturated heterocycles. The third kappa shape index (κ3) is 2.48. The van der Waals surface area contributed by atoms with E-state index in [9.17, 15) is 4.79 Å². The summed E-state index contributed by atoms with van der Waals surface area (Å²) in [4.78, 5) is 11.0. The maximum atomic E-state index is 11.0. The summed E-state index contributed by atoms with van der Waals surface area (Å²) < 4.78 is 0. The van der Waals surface area contributed by atoms with Crippen LogP contribution in [-0.4, -0.2) is 16.9 Å². The lowest BCUT2D eigenvalue weighted by atomic mass is 10.0. The number of allylic oxidation sites excluding steroid dienone is 1. The molecule has 0 spiro atoms. The Morgan fingerprint density at radius 3 is 1.94 bits per heavy atom. The van der Waals surface area contributed by atoms with Crippen LogP contribution in [0.4, 0.5) is 0 Å². The molecule has 4 N–H and O–H groups in total. The highest BCUT2D eigenvalue weighted by atomic mass is 16.4. The molecule has 0 fully saturated rings. The average molecular weight is 218 g/mol. The van der Waals surface area contributed by atoms with Gasteiger partial charge in [-0.25, -0.2) is 4.79 Å². The van der Waals surface area contributed by atoms with Crippen LogP contribution < -0.4 is 5.73 Å². The predicted molar refractivity (Wildman–Crippen MR) is 63.4 cm³/mol. The van der Waals surface area contributed by atoms with E-state index in [2.05, 4.69) is 0 Å². The molecule has 1 aromatic carbocycles. The highest BCUT2D eigenvalue weighted by Gasteiger charge is 2.11. The predicted octanol–water partition coefficient (Wildman–Crippen LogP) is 1.85. The number of hydrogen-bond donors (Lipinski definition) is 3. The Balaban J connectivity index is 3.20. The minimum Gasteiger partial charge on any atom is -0.478 e. The number of hydrogen-bond acceptors (Lipinski definition) is 2. The molecule has 0 amide bonds. The first-order chi connectivity index (χ1) is 7.43. The SMILES string of the molecule is CC(C)=C(C(=O)O)c1ccc(C(=N)N)cc1. The number of benzene rings is 1. The van der Waals surface area contributed by atoms with E-state index in [-0.39, 0.29) is 11.4 Å². The summed E-state index contributed by atoms with van der Waals surface area (Å²) in [6.07, 6.45) is 0. The van der Waals surface area contributed by atoms with Crippen molar-refractivity contribution in [1.29, 1.82) is 5.41 Å². The van der Waals surface area contributed by atoms with Crippen molar-refractivity contribution in [2.45, 2.75) is 13.8 Å². The number of carboxylic acids is 1. The van der Waals surface area contributed by atoms with Crippen LogP contribution in [0.3, 0.4) is 0 Å². The average Bonchev–Trinajstić information content (AvgIpc) is 2.17. The summed E-state index contributed by atoms with van der Waals surface area (Å²) in [7, 11) is 0. The summed E-state index contributed by atoms with van der Waals surface area (Å²) >= 11 is 0. The number of nitrogen functional groups attached to an aromatic ring is 1. The Hall–Kier alpha value is -2.10. The molecule has 0 atom stereocenters. The molecular formula is C12H14N2O2. The van der Waals surface area contributed by atoms with Gasteiger partial charge in [-0.1, -0.05) is 29.8 Å². The molecule has 4 heteroatoms. The standard InChI is InChI=1S/C12H14N2O2/c1-7(2)10(12(15)16)8-3-5-9(6-4-8)11(13)14/h3-6H,1-2H3,(H3,13,14)(H,15,16). The highest BCUT2D eigenvalue weighted by Crippen LogP contribution is 2.19. The molecule has 0 aromatic heterocycles. The van der Waals surface area contributed by atoms with Crippen LogP contribution >= 0.6 is 0 Å². The summed E-state index contributed by atoms with van der Waals surface area (Å²) in [5.74, 6) is -0.976. The van der Waals surface area contributed by atoms with Crippen molar-refractivity contribution in [3.05, 3.63) is 41.0 Å². The number of carboxylic acid groups (broad SMARTS) is 1. The molecule has 0 heterocycles. The van der Waals surface area contributed by atoms with Gasteiger partial charge in [0.25, 0.3) is 0 Å². The molecule has 0 unspecified atom stereocenters. The second kappa shape index (κ2) is 4.61. The van der Waals surface area contributed by atoms with Gasteiger partial charge in [0.2, 0.25) is 0 Å². The Bertz CT molecular complexity index is 454. The zero-order valence-corrected chi connectivity index (χ0v) is 9.24. The Morgan fingerprint density at radius 2 is 1.62 bits per heavy atom. The van der Waals surface area contributed by atoms with Crippen molar-refractivity contribution in [2.75, 3.05) is 0 Å². The summed E-state index contributed by atoms with van der Waals surface area (Å²) in [5, 5.41) is 16.3. The van der Waals surface area contributed by atoms with E-state index < -0.39 is 5.97 Å². The van der Waals surface area contributed by atoms with E-state index in [4.69, 9.17) is 16.2 Å². The normalized spacial score (nSPS) is 9.62. The molecule has 84 valence electrons. The fourth-order valence-corrected chi connectivity index (χ4v) is 1.44. The molecule has 0 bridgehead atoms. The van der Waals surface area contributed by atoms with E-state index in [0.717, 1.165) is 5.57 Å². The monoisotopic (exact) mass is 218 g/mol. The van der Waals surface area contributed by atoms with Crippen LogP contribution in [0.5, 0.6) is 0 Å². The fraction of sp³-hybridized carbons (Fsp3) is 0.167. The first-order valence-corrected chi connectivity index (χ1v) is 4.79. The molecular weight excluding hydrogens is 204 g/mol. The maximum absolute atomic E-state index is 11.0. The maximum Gasteiger partial charge on any atom is 0.336 e. The third-order valence-corrected chi connectivity index (χ3v) is 2.20. The van der Waals surface area contributed by atoms with Crippen LogP contribution in [0, 0.1) is 5.41 Å². The molecule has 0 radical (unpaired) electrons. The van der Waals surface area contributed by atoms with Crippen molar-refractivity contribution >= 4 is 17.4 Å². The zero-order valence-electron chi connectivity index (χ0n) is 9.24. The second-order valence-corrected chi connectivity index (χ2v) is 3.67. The van der Waals surface area contributed by atoms with Crippen LogP contribution in [0.2, 0.25) is 0 Å². The topological polar surface area (TPSA) is 87.2 Å². The Kier molecular flexibility index (Phi) is 3.45. The van der Waals surface area contributed by atoms with Crippen molar-refractivity contribution in [3.8, 4) is 0 Å². The van der Waals surface area contributed by atoms with Crippen LogP contribution in [0.15, 0.2) is 29.8 Å². The van der Waals surface area contributed by atoms with Gasteiger partial charge in [0.15, 0.2) is 0 Å². The van der Waals surface area contributed by atoms with Gasteiger partial charge in [-0.3, -0.25) is 5.41 Å². The van der Waals surface area contributed by atoms with Gasteiger partial charge in [0.05, 0.1) is 5.57 Å². The van der Waals surface area contributed by atoms with Crippen LogP contribution in [-0.2, 0) is 4.79 Å². The molecule has 0 saturated carbocycles. The number of aliphatic carboxylic acids is 1. The van der Waals surface area contributed by atoms with Gasteiger partial charge in [-0.15, -0.1) is 0 Å². The van der Waals surface area contributed by atoms with Gasteiger partial charge >= 0.3 is 5.97 Å². The first kappa shape index (κ1) is 12.0. The lowest BCUT2D eigenvalue weighted by molar-refractivity contribution is -0.130. The van der Waals surface area contributed by atoms with E-state index in [1.54, 1.807) is 38.1 Å². The van der Waals surface area contributed by atoms with Gasteiger partial charge in [0.1, 0.15) is 5.84 Å². The van der Waals surface area contributed by atoms with Gasteiger partial charge in [-0.05, 0) is 19.4 Å². The number of nitrogens with two attached hydrogens (primary N) is 1. The summed E-state index contributed by atoms with van der Waals surface area (Å²) in [6.45, 7) is 3.50. The Labute approximate surface area is 93.9 Å². The van der Waals surface area contributed by atoms with E-state index in [1.807, 2.05) is 0 Å². The molecule has 16 heavy (non-hydrogen) atoms. The highest BCUT2D eigenvalue weighted by molar-refractivity contribution is 6.16. The van der Waals surface area contributed by atoms with E-state index in [0.29, 0.717) is 11.1 Å². The Morgan fingerprint density at radius 1 is 1.19 bits per heavy atom. The van der Waals surface area contributed by atoms with E-state index >= 15 is 0 Å². The lowest BCUT2D eigenvalue weighted by Gasteiger charge is -2.06. The summed E-state index contributed by atoms with van der Waals surface area (Å²) in [6, 6.07) is 6.60. The van der Waals surface area contributed by atoms with Gasteiger partial charge < -0.3 is 10.8 Å². The fourth-order valence-electron chi connectivity index (χ4n) is 1.44. The number of amidine groups is 1. The van der Waals surface area contributed by atoms with Crippen LogP contribution in [0.25, 0.3) is 5.57 Å². The van der Waals surface area contributed by atoms with Gasteiger partial charge in [0, 0.05) is 5.56 Å². The molecule has 1 aromatic rings. The molecule has 4 nitrogen and oxygen atoms in total.